The van der Waals surface area contributed by atoms with Crippen molar-refractivity contribution in [3.63, 3.8) is 0 Å². The van der Waals surface area contributed by atoms with E-state index < -0.39 is 23.4 Å². The maximum atomic E-state index is 13.3. The summed E-state index contributed by atoms with van der Waals surface area (Å²) in [5, 5.41) is 0. The minimum atomic E-state index is -4.48. The molecule has 9 heteroatoms. The highest BCUT2D eigenvalue weighted by Crippen LogP contribution is 2.48. The lowest BCUT2D eigenvalue weighted by Crippen LogP contribution is -2.36. The number of fused-ring (bicyclic) bond motifs is 1. The molecule has 0 spiro atoms. The van der Waals surface area contributed by atoms with E-state index in [1.54, 1.807) is 25.7 Å². The summed E-state index contributed by atoms with van der Waals surface area (Å²) in [5.74, 6) is 0.962. The third kappa shape index (κ3) is 4.26. The van der Waals surface area contributed by atoms with Crippen LogP contribution in [0.2, 0.25) is 0 Å². The van der Waals surface area contributed by atoms with Gasteiger partial charge in [-0.05, 0) is 51.2 Å². The normalized spacial score (nSPS) is 22.4. The van der Waals surface area contributed by atoms with Crippen LogP contribution in [0.1, 0.15) is 32.8 Å². The molecule has 1 aliphatic heterocycles. The van der Waals surface area contributed by atoms with Crippen molar-refractivity contribution >= 4 is 17.7 Å². The molecule has 2 aliphatic rings. The Labute approximate surface area is 143 Å². The molecule has 2 fully saturated rings. The fourth-order valence-corrected chi connectivity index (χ4v) is 2.97. The highest BCUT2D eigenvalue weighted by molar-refractivity contribution is 5.69. The van der Waals surface area contributed by atoms with Crippen LogP contribution >= 0.6 is 0 Å². The summed E-state index contributed by atoms with van der Waals surface area (Å²) < 4.78 is 44.9. The van der Waals surface area contributed by atoms with E-state index in [4.69, 9.17) is 4.74 Å². The smallest absolute Gasteiger partial charge is 0.426 e. The van der Waals surface area contributed by atoms with Crippen molar-refractivity contribution in [2.75, 3.05) is 23.4 Å². The van der Waals surface area contributed by atoms with Gasteiger partial charge in [0.15, 0.2) is 0 Å². The van der Waals surface area contributed by atoms with Gasteiger partial charge in [0, 0.05) is 13.1 Å². The predicted octanol–water partition coefficient (Wildman–Crippen LogP) is 3.41. The number of hydrazine groups is 1. The topological polar surface area (TPSA) is 66.5 Å². The van der Waals surface area contributed by atoms with Crippen LogP contribution in [0.3, 0.4) is 0 Å². The van der Waals surface area contributed by atoms with Gasteiger partial charge in [-0.3, -0.25) is 5.43 Å². The molecule has 2 heterocycles. The lowest BCUT2D eigenvalue weighted by atomic mass is 10.2. The van der Waals surface area contributed by atoms with Crippen LogP contribution in [0, 0.1) is 11.8 Å². The molecule has 138 valence electrons. The highest BCUT2D eigenvalue weighted by atomic mass is 19.4. The average molecular weight is 358 g/mol. The number of rotatable bonds is 3. The lowest BCUT2D eigenvalue weighted by molar-refractivity contribution is -0.137. The van der Waals surface area contributed by atoms with Crippen molar-refractivity contribution in [2.24, 2.45) is 11.8 Å². The van der Waals surface area contributed by atoms with Crippen molar-refractivity contribution < 1.29 is 22.7 Å². The average Bonchev–Trinajstić information content (AvgIpc) is 3.08. The summed E-state index contributed by atoms with van der Waals surface area (Å²) >= 11 is 0. The number of carbonyl (C=O) groups is 1. The molecule has 1 aliphatic carbocycles. The molecule has 3 rings (SSSR count). The number of alkyl halides is 3. The van der Waals surface area contributed by atoms with Gasteiger partial charge in [0.1, 0.15) is 17.2 Å². The molecule has 25 heavy (non-hydrogen) atoms. The zero-order valence-corrected chi connectivity index (χ0v) is 14.3. The van der Waals surface area contributed by atoms with Gasteiger partial charge in [0.05, 0.1) is 5.56 Å². The van der Waals surface area contributed by atoms with Crippen LogP contribution in [0.5, 0.6) is 0 Å². The molecule has 2 atom stereocenters. The first-order chi connectivity index (χ1) is 11.5. The number of aromatic nitrogens is 1. The monoisotopic (exact) mass is 358 g/mol. The van der Waals surface area contributed by atoms with Gasteiger partial charge in [-0.15, -0.1) is 0 Å². The highest BCUT2D eigenvalue weighted by Gasteiger charge is 2.47. The summed E-state index contributed by atoms with van der Waals surface area (Å²) in [6.45, 7) is 6.30. The SMILES string of the molecule is CC(C)(C)OC(=O)NNc1ccc(C(F)(F)F)c(N2CC3CC3C2)n1. The summed E-state index contributed by atoms with van der Waals surface area (Å²) in [5.41, 5.74) is 3.33. The molecule has 6 nitrogen and oxygen atoms in total. The zero-order valence-electron chi connectivity index (χ0n) is 14.3. The second-order valence-electron chi connectivity index (χ2n) is 7.48. The van der Waals surface area contributed by atoms with Crippen LogP contribution in [0.25, 0.3) is 0 Å². The number of carbonyl (C=O) groups excluding carboxylic acids is 1. The third-order valence-corrected chi connectivity index (χ3v) is 4.15. The number of pyridine rings is 1. The Kier molecular flexibility index (Phi) is 4.20. The molecule has 0 radical (unpaired) electrons. The van der Waals surface area contributed by atoms with Crippen LogP contribution in [-0.2, 0) is 10.9 Å². The summed E-state index contributed by atoms with van der Waals surface area (Å²) in [6.07, 6.45) is -4.14. The number of ether oxygens (including phenoxy) is 1. The molecule has 2 N–H and O–H groups in total. The van der Waals surface area contributed by atoms with Crippen molar-refractivity contribution in [3.8, 4) is 0 Å². The Hall–Kier alpha value is -2.19. The number of hydrogen-bond acceptors (Lipinski definition) is 5. The van der Waals surface area contributed by atoms with Crippen LogP contribution < -0.4 is 15.8 Å². The zero-order chi connectivity index (χ0) is 18.4. The van der Waals surface area contributed by atoms with Crippen molar-refractivity contribution in [1.82, 2.24) is 10.4 Å². The van der Waals surface area contributed by atoms with E-state index >= 15 is 0 Å². The number of nitrogens with one attached hydrogen (secondary N) is 2. The Morgan fingerprint density at radius 2 is 1.88 bits per heavy atom. The summed E-state index contributed by atoms with van der Waals surface area (Å²) in [6, 6.07) is 2.16. The van der Waals surface area contributed by atoms with E-state index in [1.807, 2.05) is 0 Å². The number of halogens is 3. The van der Waals surface area contributed by atoms with Gasteiger partial charge in [-0.25, -0.2) is 15.2 Å². The second kappa shape index (κ2) is 5.96. The Morgan fingerprint density at radius 3 is 2.44 bits per heavy atom. The largest absolute Gasteiger partial charge is 0.443 e. The third-order valence-electron chi connectivity index (χ3n) is 4.15. The van der Waals surface area contributed by atoms with Gasteiger partial charge in [0.25, 0.3) is 0 Å². The fourth-order valence-electron chi connectivity index (χ4n) is 2.97. The molecule has 0 aromatic carbocycles. The van der Waals surface area contributed by atoms with Gasteiger partial charge in [-0.1, -0.05) is 0 Å². The van der Waals surface area contributed by atoms with Crippen LogP contribution in [-0.4, -0.2) is 29.8 Å². The van der Waals surface area contributed by atoms with Crippen molar-refractivity contribution in [2.45, 2.75) is 39.0 Å². The first kappa shape index (κ1) is 17.6. The summed E-state index contributed by atoms with van der Waals surface area (Å²) in [7, 11) is 0. The van der Waals surface area contributed by atoms with Gasteiger partial charge < -0.3 is 9.64 Å². The standard InChI is InChI=1S/C16H21F3N4O2/c1-15(2,3)25-14(24)22-21-12-5-4-11(16(17,18)19)13(20-12)23-7-9-6-10(9)8-23/h4-5,9-10H,6-8H2,1-3H3,(H,20,21)(H,22,24). The van der Waals surface area contributed by atoms with E-state index in [0.29, 0.717) is 24.9 Å². The molecular formula is C16H21F3N4O2. The van der Waals surface area contributed by atoms with E-state index in [1.165, 1.54) is 6.07 Å². The maximum absolute atomic E-state index is 13.3. The molecule has 1 aromatic rings. The number of piperidine rings is 1. The second-order valence-corrected chi connectivity index (χ2v) is 7.48. The number of nitrogens with zero attached hydrogens (tertiary/aromatic N) is 2. The maximum Gasteiger partial charge on any atom is 0.426 e. The fraction of sp³-hybridized carbons (Fsp3) is 0.625. The van der Waals surface area contributed by atoms with E-state index in [0.717, 1.165) is 12.5 Å². The quantitative estimate of drug-likeness (QED) is 0.811. The molecular weight excluding hydrogens is 337 g/mol. The van der Waals surface area contributed by atoms with E-state index in [9.17, 15) is 18.0 Å². The van der Waals surface area contributed by atoms with Gasteiger partial charge in [0.2, 0.25) is 0 Å². The minimum Gasteiger partial charge on any atom is -0.443 e. The first-order valence-electron chi connectivity index (χ1n) is 8.11. The van der Waals surface area contributed by atoms with E-state index in [-0.39, 0.29) is 11.6 Å². The molecule has 2 unspecified atom stereocenters. The Bertz CT molecular complexity index is 662. The number of anilines is 2. The Balaban J connectivity index is 1.74. The predicted molar refractivity (Wildman–Crippen MR) is 86.0 cm³/mol. The van der Waals surface area contributed by atoms with Gasteiger partial charge >= 0.3 is 12.3 Å². The molecule has 1 aromatic heterocycles. The van der Waals surface area contributed by atoms with Crippen molar-refractivity contribution in [1.29, 1.82) is 0 Å². The minimum absolute atomic E-state index is 0.101. The molecule has 0 bridgehead atoms. The van der Waals surface area contributed by atoms with Crippen LogP contribution in [0.4, 0.5) is 29.6 Å². The lowest BCUT2D eigenvalue weighted by Gasteiger charge is -2.24. The van der Waals surface area contributed by atoms with Gasteiger partial charge in [-0.2, -0.15) is 13.2 Å². The van der Waals surface area contributed by atoms with Crippen molar-refractivity contribution in [3.05, 3.63) is 17.7 Å². The summed E-state index contributed by atoms with van der Waals surface area (Å²) in [4.78, 5) is 17.4. The number of amides is 1. The van der Waals surface area contributed by atoms with E-state index in [2.05, 4.69) is 15.8 Å². The molecule has 1 saturated carbocycles. The first-order valence-corrected chi connectivity index (χ1v) is 8.11. The molecule has 1 amide bonds. The molecule has 1 saturated heterocycles. The number of hydrogen-bond donors (Lipinski definition) is 2. The van der Waals surface area contributed by atoms with Crippen LogP contribution in [0.15, 0.2) is 12.1 Å². The Morgan fingerprint density at radius 1 is 1.24 bits per heavy atom.